The molecule has 19 heavy (non-hydrogen) atoms. The number of hydrogen-bond acceptors (Lipinski definition) is 1. The van der Waals surface area contributed by atoms with Crippen molar-refractivity contribution in [1.82, 2.24) is 0 Å². The molecule has 0 unspecified atom stereocenters. The monoisotopic (exact) mass is 373 g/mol. The highest BCUT2D eigenvalue weighted by molar-refractivity contribution is 14.1. The fraction of sp³-hybridized carbons (Fsp3) is 0.0714. The van der Waals surface area contributed by atoms with E-state index in [1.807, 2.05) is 13.0 Å². The zero-order chi connectivity index (χ0) is 14.0. The lowest BCUT2D eigenvalue weighted by Gasteiger charge is -2.10. The lowest BCUT2D eigenvalue weighted by atomic mass is 10.1. The molecule has 0 heterocycles. The normalized spacial score (nSPS) is 10.3. The first-order valence-electron chi connectivity index (χ1n) is 5.50. The molecule has 0 saturated carbocycles. The Morgan fingerprint density at radius 1 is 1.21 bits per heavy atom. The summed E-state index contributed by atoms with van der Waals surface area (Å²) in [5.41, 5.74) is 1.33. The SMILES string of the molecule is Cc1c(I)cccc1NC(=O)c1ccc(F)cc1F. The van der Waals surface area contributed by atoms with Crippen LogP contribution < -0.4 is 5.32 Å². The summed E-state index contributed by atoms with van der Waals surface area (Å²) in [7, 11) is 0. The van der Waals surface area contributed by atoms with E-state index in [2.05, 4.69) is 27.9 Å². The van der Waals surface area contributed by atoms with Crippen molar-refractivity contribution in [2.75, 3.05) is 5.32 Å². The molecule has 0 aliphatic heterocycles. The predicted molar refractivity (Wildman–Crippen MR) is 78.2 cm³/mol. The summed E-state index contributed by atoms with van der Waals surface area (Å²) in [5, 5.41) is 2.62. The number of rotatable bonds is 2. The Morgan fingerprint density at radius 3 is 2.63 bits per heavy atom. The van der Waals surface area contributed by atoms with Gasteiger partial charge in [-0.3, -0.25) is 4.79 Å². The van der Waals surface area contributed by atoms with E-state index in [-0.39, 0.29) is 5.56 Å². The van der Waals surface area contributed by atoms with Crippen molar-refractivity contribution in [2.45, 2.75) is 6.92 Å². The topological polar surface area (TPSA) is 29.1 Å². The molecule has 2 aromatic carbocycles. The van der Waals surface area contributed by atoms with Gasteiger partial charge in [0.05, 0.1) is 5.56 Å². The van der Waals surface area contributed by atoms with E-state index in [1.165, 1.54) is 0 Å². The van der Waals surface area contributed by atoms with Gasteiger partial charge in [-0.2, -0.15) is 0 Å². The van der Waals surface area contributed by atoms with Crippen LogP contribution in [0.15, 0.2) is 36.4 Å². The average molecular weight is 373 g/mol. The summed E-state index contributed by atoms with van der Waals surface area (Å²) in [5.74, 6) is -2.18. The van der Waals surface area contributed by atoms with Gasteiger partial charge in [-0.25, -0.2) is 8.78 Å². The standard InChI is InChI=1S/C14H10F2INO/c1-8-12(17)3-2-4-13(8)18-14(19)10-6-5-9(15)7-11(10)16/h2-7H,1H3,(H,18,19). The second-order valence-electron chi connectivity index (χ2n) is 3.99. The van der Waals surface area contributed by atoms with Gasteiger partial charge < -0.3 is 5.32 Å². The summed E-state index contributed by atoms with van der Waals surface area (Å²) in [4.78, 5) is 11.9. The minimum absolute atomic E-state index is 0.181. The quantitative estimate of drug-likeness (QED) is 0.789. The van der Waals surface area contributed by atoms with E-state index in [9.17, 15) is 13.6 Å². The van der Waals surface area contributed by atoms with E-state index in [0.717, 1.165) is 21.3 Å². The van der Waals surface area contributed by atoms with Crippen LogP contribution in [0.5, 0.6) is 0 Å². The zero-order valence-corrected chi connectivity index (χ0v) is 12.2. The van der Waals surface area contributed by atoms with Gasteiger partial charge in [0.15, 0.2) is 0 Å². The minimum Gasteiger partial charge on any atom is -0.322 e. The van der Waals surface area contributed by atoms with Crippen molar-refractivity contribution >= 4 is 34.2 Å². The van der Waals surface area contributed by atoms with Crippen molar-refractivity contribution in [3.8, 4) is 0 Å². The Balaban J connectivity index is 2.28. The van der Waals surface area contributed by atoms with Crippen LogP contribution in [0, 0.1) is 22.1 Å². The van der Waals surface area contributed by atoms with Crippen LogP contribution in [0.1, 0.15) is 15.9 Å². The smallest absolute Gasteiger partial charge is 0.258 e. The molecule has 2 nitrogen and oxygen atoms in total. The summed E-state index contributed by atoms with van der Waals surface area (Å²) in [6.07, 6.45) is 0. The largest absolute Gasteiger partial charge is 0.322 e. The lowest BCUT2D eigenvalue weighted by molar-refractivity contribution is 0.102. The second kappa shape index (κ2) is 5.64. The molecule has 2 aromatic rings. The highest BCUT2D eigenvalue weighted by atomic mass is 127. The number of hydrogen-bond donors (Lipinski definition) is 1. The summed E-state index contributed by atoms with van der Waals surface area (Å²) in [6.45, 7) is 1.86. The number of anilines is 1. The molecular formula is C14H10F2INO. The van der Waals surface area contributed by atoms with Crippen LogP contribution in [0.25, 0.3) is 0 Å². The molecule has 0 aliphatic carbocycles. The third-order valence-electron chi connectivity index (χ3n) is 2.69. The maximum Gasteiger partial charge on any atom is 0.258 e. The molecule has 0 saturated heterocycles. The van der Waals surface area contributed by atoms with Gasteiger partial charge >= 0.3 is 0 Å². The molecule has 98 valence electrons. The second-order valence-corrected chi connectivity index (χ2v) is 5.15. The van der Waals surface area contributed by atoms with Crippen LogP contribution in [0.2, 0.25) is 0 Å². The van der Waals surface area contributed by atoms with Gasteiger partial charge in [0.25, 0.3) is 5.91 Å². The Kier molecular flexibility index (Phi) is 4.14. The molecular weight excluding hydrogens is 363 g/mol. The van der Waals surface area contributed by atoms with E-state index < -0.39 is 17.5 Å². The molecule has 0 spiro atoms. The van der Waals surface area contributed by atoms with Gasteiger partial charge in [0.1, 0.15) is 11.6 Å². The van der Waals surface area contributed by atoms with E-state index in [0.29, 0.717) is 11.8 Å². The molecule has 5 heteroatoms. The highest BCUT2D eigenvalue weighted by Gasteiger charge is 2.13. The first-order valence-corrected chi connectivity index (χ1v) is 6.58. The molecule has 1 N–H and O–H groups in total. The maximum atomic E-state index is 13.5. The third-order valence-corrected chi connectivity index (χ3v) is 3.86. The molecule has 0 radical (unpaired) electrons. The van der Waals surface area contributed by atoms with Crippen molar-refractivity contribution in [2.24, 2.45) is 0 Å². The average Bonchev–Trinajstić information content (AvgIpc) is 2.34. The van der Waals surface area contributed by atoms with Gasteiger partial charge in [-0.05, 0) is 59.3 Å². The predicted octanol–water partition coefficient (Wildman–Crippen LogP) is 4.13. The Morgan fingerprint density at radius 2 is 1.95 bits per heavy atom. The van der Waals surface area contributed by atoms with Crippen LogP contribution in [-0.2, 0) is 0 Å². The Hall–Kier alpha value is -1.50. The third kappa shape index (κ3) is 3.09. The molecule has 0 aliphatic rings. The van der Waals surface area contributed by atoms with E-state index >= 15 is 0 Å². The number of halogens is 3. The molecule has 0 atom stereocenters. The van der Waals surface area contributed by atoms with E-state index in [4.69, 9.17) is 0 Å². The number of amides is 1. The van der Waals surface area contributed by atoms with Crippen LogP contribution in [0.4, 0.5) is 14.5 Å². The van der Waals surface area contributed by atoms with Crippen LogP contribution in [0.3, 0.4) is 0 Å². The van der Waals surface area contributed by atoms with Crippen molar-refractivity contribution < 1.29 is 13.6 Å². The fourth-order valence-corrected chi connectivity index (χ4v) is 2.10. The Labute approximate surface area is 123 Å². The van der Waals surface area contributed by atoms with Gasteiger partial charge in [0, 0.05) is 15.3 Å². The number of carbonyl (C=O) groups is 1. The van der Waals surface area contributed by atoms with Gasteiger partial charge in [-0.1, -0.05) is 6.07 Å². The Bertz CT molecular complexity index is 643. The van der Waals surface area contributed by atoms with Crippen molar-refractivity contribution in [3.63, 3.8) is 0 Å². The minimum atomic E-state index is -0.874. The molecule has 0 aromatic heterocycles. The summed E-state index contributed by atoms with van der Waals surface area (Å²) in [6, 6.07) is 8.31. The number of carbonyl (C=O) groups excluding carboxylic acids is 1. The van der Waals surface area contributed by atoms with Crippen LogP contribution >= 0.6 is 22.6 Å². The summed E-state index contributed by atoms with van der Waals surface area (Å²) < 4.78 is 27.3. The fourth-order valence-electron chi connectivity index (χ4n) is 1.61. The molecule has 0 fully saturated rings. The number of nitrogens with one attached hydrogen (secondary N) is 1. The van der Waals surface area contributed by atoms with Gasteiger partial charge in [-0.15, -0.1) is 0 Å². The van der Waals surface area contributed by atoms with Crippen molar-refractivity contribution in [3.05, 3.63) is 62.7 Å². The van der Waals surface area contributed by atoms with Gasteiger partial charge in [0.2, 0.25) is 0 Å². The van der Waals surface area contributed by atoms with Crippen molar-refractivity contribution in [1.29, 1.82) is 0 Å². The number of benzene rings is 2. The summed E-state index contributed by atoms with van der Waals surface area (Å²) >= 11 is 2.15. The van der Waals surface area contributed by atoms with Crippen LogP contribution in [-0.4, -0.2) is 5.91 Å². The molecule has 1 amide bonds. The van der Waals surface area contributed by atoms with E-state index in [1.54, 1.807) is 12.1 Å². The maximum absolute atomic E-state index is 13.5. The molecule has 0 bridgehead atoms. The lowest BCUT2D eigenvalue weighted by Crippen LogP contribution is -2.15. The zero-order valence-electron chi connectivity index (χ0n) is 10.0. The molecule has 2 rings (SSSR count). The first kappa shape index (κ1) is 13.9. The highest BCUT2D eigenvalue weighted by Crippen LogP contribution is 2.21. The first-order chi connectivity index (χ1) is 8.99.